The van der Waals surface area contributed by atoms with Crippen LogP contribution in [0.2, 0.25) is 0 Å². The van der Waals surface area contributed by atoms with E-state index in [1.165, 1.54) is 11.8 Å². The molecule has 0 radical (unpaired) electrons. The topological polar surface area (TPSA) is 209 Å². The number of hydrogen-bond donors (Lipinski definition) is 5. The molecule has 15 heteroatoms. The molecular weight excluding hydrogens is 648 g/mol. The Morgan fingerprint density at radius 3 is 2.16 bits per heavy atom. The van der Waals surface area contributed by atoms with Crippen molar-refractivity contribution < 1.29 is 43.1 Å². The molecule has 0 spiro atoms. The van der Waals surface area contributed by atoms with Crippen LogP contribution < -0.4 is 31.5 Å². The first-order valence-corrected chi connectivity index (χ1v) is 16.3. The molecule has 1 aliphatic rings. The number of benzene rings is 2. The van der Waals surface area contributed by atoms with Crippen LogP contribution in [0.3, 0.4) is 0 Å². The van der Waals surface area contributed by atoms with Crippen molar-refractivity contribution in [2.24, 2.45) is 5.92 Å². The Morgan fingerprint density at radius 2 is 1.50 bits per heavy atom. The molecular formula is C35H44N6O9. The molecule has 50 heavy (non-hydrogen) atoms. The standard InChI is InChI=1S/C35H44N6O9/c1-22-14-26(12-13-28(22)41-33(47)15-23(2)35(41)49)10-7-11-29(43)36-17-30(44)37-19-32(46)40-27(16-25-8-5-4-6-9-25)34(48)38-18-31(45)39-21-50-20-24(3)42/h4-6,8-9,12-14,23,27H,7,10-11,15-21H2,1-3H3,(H,36,43)(H,37,44)(H,38,48)(H,39,45)(H,40,46)/t23?,27-/m0/s1. The van der Waals surface area contributed by atoms with Gasteiger partial charge in [-0.2, -0.15) is 0 Å². The summed E-state index contributed by atoms with van der Waals surface area (Å²) in [4.78, 5) is 99.0. The minimum absolute atomic E-state index is 0.118. The first-order valence-electron chi connectivity index (χ1n) is 16.3. The van der Waals surface area contributed by atoms with Gasteiger partial charge in [-0.1, -0.05) is 49.4 Å². The van der Waals surface area contributed by atoms with Gasteiger partial charge >= 0.3 is 0 Å². The molecule has 1 unspecified atom stereocenters. The van der Waals surface area contributed by atoms with Crippen molar-refractivity contribution in [3.63, 3.8) is 0 Å². The maximum atomic E-state index is 12.9. The zero-order valence-corrected chi connectivity index (χ0v) is 28.5. The van der Waals surface area contributed by atoms with Crippen LogP contribution in [0.25, 0.3) is 0 Å². The van der Waals surface area contributed by atoms with Gasteiger partial charge in [0.1, 0.15) is 19.4 Å². The summed E-state index contributed by atoms with van der Waals surface area (Å²) in [5, 5.41) is 12.3. The lowest BCUT2D eigenvalue weighted by Crippen LogP contribution is -2.52. The van der Waals surface area contributed by atoms with Crippen LogP contribution in [0.15, 0.2) is 48.5 Å². The lowest BCUT2D eigenvalue weighted by molar-refractivity contribution is -0.131. The lowest BCUT2D eigenvalue weighted by atomic mass is 10.0. The van der Waals surface area contributed by atoms with Crippen molar-refractivity contribution in [2.45, 2.75) is 58.9 Å². The van der Waals surface area contributed by atoms with E-state index in [4.69, 9.17) is 4.74 Å². The fourth-order valence-corrected chi connectivity index (χ4v) is 5.11. The predicted molar refractivity (Wildman–Crippen MR) is 181 cm³/mol. The molecule has 268 valence electrons. The van der Waals surface area contributed by atoms with E-state index in [1.807, 2.05) is 19.1 Å². The molecule has 0 bridgehead atoms. The Morgan fingerprint density at radius 1 is 0.840 bits per heavy atom. The monoisotopic (exact) mass is 692 g/mol. The minimum atomic E-state index is -1.06. The van der Waals surface area contributed by atoms with Crippen molar-refractivity contribution in [1.29, 1.82) is 0 Å². The van der Waals surface area contributed by atoms with E-state index in [0.717, 1.165) is 16.7 Å². The Balaban J connectivity index is 1.38. The summed E-state index contributed by atoms with van der Waals surface area (Å²) >= 11 is 0. The van der Waals surface area contributed by atoms with Crippen LogP contribution >= 0.6 is 0 Å². The number of ketones is 1. The molecule has 5 N–H and O–H groups in total. The number of nitrogens with zero attached hydrogens (tertiary/aromatic N) is 1. The van der Waals surface area contributed by atoms with Crippen molar-refractivity contribution in [3.05, 3.63) is 65.2 Å². The summed E-state index contributed by atoms with van der Waals surface area (Å²) in [5.74, 6) is -3.77. The van der Waals surface area contributed by atoms with Gasteiger partial charge in [0.15, 0.2) is 5.78 Å². The molecule has 2 atom stereocenters. The van der Waals surface area contributed by atoms with Gasteiger partial charge in [0, 0.05) is 25.2 Å². The number of ether oxygens (including phenoxy) is 1. The van der Waals surface area contributed by atoms with Gasteiger partial charge in [-0.15, -0.1) is 0 Å². The highest BCUT2D eigenvalue weighted by atomic mass is 16.5. The highest BCUT2D eigenvalue weighted by Crippen LogP contribution is 2.29. The van der Waals surface area contributed by atoms with E-state index >= 15 is 0 Å². The number of carbonyl (C=O) groups excluding carboxylic acids is 8. The number of rotatable bonds is 19. The number of Topliss-reactive ketones (excluding diaryl/α,β-unsaturated/α-hetero) is 1. The van der Waals surface area contributed by atoms with Gasteiger partial charge in [0.05, 0.1) is 25.3 Å². The molecule has 1 saturated heterocycles. The Hall–Kier alpha value is -5.44. The zero-order chi connectivity index (χ0) is 36.6. The summed E-state index contributed by atoms with van der Waals surface area (Å²) in [6.07, 6.45) is 1.52. The minimum Gasteiger partial charge on any atom is -0.354 e. The third kappa shape index (κ3) is 12.9. The van der Waals surface area contributed by atoms with Gasteiger partial charge in [0.2, 0.25) is 41.4 Å². The zero-order valence-electron chi connectivity index (χ0n) is 28.5. The van der Waals surface area contributed by atoms with Crippen molar-refractivity contribution >= 4 is 52.8 Å². The Labute approximate surface area is 290 Å². The summed E-state index contributed by atoms with van der Waals surface area (Å²) in [6.45, 7) is 3.33. The van der Waals surface area contributed by atoms with E-state index < -0.39 is 42.8 Å². The Bertz CT molecular complexity index is 1580. The van der Waals surface area contributed by atoms with E-state index in [9.17, 15) is 38.4 Å². The van der Waals surface area contributed by atoms with Crippen LogP contribution in [0, 0.1) is 12.8 Å². The Kier molecular flexibility index (Phi) is 15.2. The van der Waals surface area contributed by atoms with Gasteiger partial charge in [-0.3, -0.25) is 43.3 Å². The molecule has 1 fully saturated rings. The SMILES string of the molecule is CC(=O)COCNC(=O)CNC(=O)[C@H](Cc1ccccc1)NC(=O)CNC(=O)CNC(=O)CCCc1ccc(N2C(=O)CC(C)C2=O)c(C)c1. The third-order valence-electron chi connectivity index (χ3n) is 7.67. The number of amides is 7. The van der Waals surface area contributed by atoms with Gasteiger partial charge in [0.25, 0.3) is 0 Å². The molecule has 1 aliphatic heterocycles. The number of anilines is 1. The number of aryl methyl sites for hydroxylation is 2. The first-order chi connectivity index (χ1) is 23.8. The molecule has 0 aromatic heterocycles. The number of hydrogen-bond acceptors (Lipinski definition) is 9. The molecule has 15 nitrogen and oxygen atoms in total. The smallest absolute Gasteiger partial charge is 0.243 e. The molecule has 2 aromatic rings. The lowest BCUT2D eigenvalue weighted by Gasteiger charge is -2.19. The van der Waals surface area contributed by atoms with Crippen molar-refractivity contribution in [1.82, 2.24) is 26.6 Å². The summed E-state index contributed by atoms with van der Waals surface area (Å²) in [7, 11) is 0. The number of nitrogens with one attached hydrogen (secondary N) is 5. The summed E-state index contributed by atoms with van der Waals surface area (Å²) in [6, 6.07) is 13.3. The maximum Gasteiger partial charge on any atom is 0.243 e. The second-order valence-electron chi connectivity index (χ2n) is 12.0. The van der Waals surface area contributed by atoms with E-state index in [-0.39, 0.29) is 68.6 Å². The van der Waals surface area contributed by atoms with Crippen LogP contribution in [0.4, 0.5) is 5.69 Å². The molecule has 2 aromatic carbocycles. The van der Waals surface area contributed by atoms with Gasteiger partial charge in [-0.05, 0) is 49.4 Å². The molecule has 1 heterocycles. The molecule has 7 amide bonds. The third-order valence-corrected chi connectivity index (χ3v) is 7.67. The normalized spacial score (nSPS) is 14.5. The highest BCUT2D eigenvalue weighted by Gasteiger charge is 2.37. The molecule has 0 aliphatic carbocycles. The quantitative estimate of drug-likeness (QED) is 0.0760. The van der Waals surface area contributed by atoms with Crippen LogP contribution in [-0.2, 0) is 55.9 Å². The fourth-order valence-electron chi connectivity index (χ4n) is 5.11. The maximum absolute atomic E-state index is 12.9. The average molecular weight is 693 g/mol. The average Bonchev–Trinajstić information content (AvgIpc) is 3.33. The number of imide groups is 1. The predicted octanol–water partition coefficient (Wildman–Crippen LogP) is -0.0275. The highest BCUT2D eigenvalue weighted by molar-refractivity contribution is 6.21. The first kappa shape index (κ1) is 39.0. The van der Waals surface area contributed by atoms with Gasteiger partial charge in [-0.25, -0.2) is 0 Å². The van der Waals surface area contributed by atoms with Crippen LogP contribution in [-0.4, -0.2) is 86.1 Å². The van der Waals surface area contributed by atoms with E-state index in [0.29, 0.717) is 18.5 Å². The van der Waals surface area contributed by atoms with Crippen LogP contribution in [0.5, 0.6) is 0 Å². The van der Waals surface area contributed by atoms with Crippen LogP contribution in [0.1, 0.15) is 49.8 Å². The molecule has 3 rings (SSSR count). The van der Waals surface area contributed by atoms with Crippen molar-refractivity contribution in [3.8, 4) is 0 Å². The second kappa shape index (κ2) is 19.5. The second-order valence-corrected chi connectivity index (χ2v) is 12.0. The number of carbonyl (C=O) groups is 8. The van der Waals surface area contributed by atoms with Gasteiger partial charge < -0.3 is 31.3 Å². The summed E-state index contributed by atoms with van der Waals surface area (Å²) < 4.78 is 4.96. The summed E-state index contributed by atoms with van der Waals surface area (Å²) in [5.41, 5.74) is 3.04. The van der Waals surface area contributed by atoms with Crippen molar-refractivity contribution in [2.75, 3.05) is 37.9 Å². The largest absolute Gasteiger partial charge is 0.354 e. The molecule has 0 saturated carbocycles. The van der Waals surface area contributed by atoms with E-state index in [2.05, 4.69) is 26.6 Å². The van der Waals surface area contributed by atoms with E-state index in [1.54, 1.807) is 43.3 Å². The fraction of sp³-hybridized carbons (Fsp3) is 0.429.